The number of aromatic nitrogens is 2. The van der Waals surface area contributed by atoms with E-state index < -0.39 is 23.5 Å². The van der Waals surface area contributed by atoms with Gasteiger partial charge in [-0.3, -0.25) is 14.6 Å². The van der Waals surface area contributed by atoms with Gasteiger partial charge in [0.2, 0.25) is 5.78 Å². The van der Waals surface area contributed by atoms with Crippen LogP contribution < -0.4 is 0 Å². The van der Waals surface area contributed by atoms with Crippen molar-refractivity contribution in [2.24, 2.45) is 0 Å². The molecule has 5 nitrogen and oxygen atoms in total. The highest BCUT2D eigenvalue weighted by atomic mass is 35.5. The van der Waals surface area contributed by atoms with Gasteiger partial charge in [-0.25, -0.2) is 0 Å². The smallest absolute Gasteiger partial charge is 0.417 e. The van der Waals surface area contributed by atoms with Crippen LogP contribution in [0.4, 0.5) is 13.2 Å². The van der Waals surface area contributed by atoms with Crippen LogP contribution in [0, 0.1) is 0 Å². The Hall–Kier alpha value is -2.87. The second-order valence-corrected chi connectivity index (χ2v) is 6.12. The van der Waals surface area contributed by atoms with Gasteiger partial charge in [0, 0.05) is 27.7 Å². The number of carbonyl (C=O) groups excluding carboxylic acids is 2. The second-order valence-electron chi connectivity index (χ2n) is 5.68. The topological polar surface area (TPSA) is 72.1 Å². The van der Waals surface area contributed by atoms with Crippen LogP contribution in [-0.4, -0.2) is 28.8 Å². The number of nitrogens with zero attached hydrogens (tertiary/aromatic N) is 1. The Morgan fingerprint density at radius 3 is 2.56 bits per heavy atom. The molecule has 3 aromatic rings. The van der Waals surface area contributed by atoms with E-state index in [-0.39, 0.29) is 17.8 Å². The standard InChI is InChI=1S/C18H12ClF3N2O3/c1-27-15(25)7-12-11-6-10(19)3-5-13(11)24-16(12)17(26)14-4-2-9(8-23-14)18(20,21)22/h2-6,8,24H,7H2,1H3. The Morgan fingerprint density at radius 1 is 1.22 bits per heavy atom. The average Bonchev–Trinajstić information content (AvgIpc) is 2.98. The van der Waals surface area contributed by atoms with Crippen LogP contribution >= 0.6 is 11.6 Å². The number of halogens is 4. The lowest BCUT2D eigenvalue weighted by molar-refractivity contribution is -0.140. The molecule has 0 fully saturated rings. The number of ether oxygens (including phenoxy) is 1. The van der Waals surface area contributed by atoms with Crippen molar-refractivity contribution >= 4 is 34.3 Å². The number of rotatable bonds is 4. The van der Waals surface area contributed by atoms with Crippen LogP contribution in [0.25, 0.3) is 10.9 Å². The Kier molecular flexibility index (Phi) is 4.93. The number of hydrogen-bond donors (Lipinski definition) is 1. The third-order valence-corrected chi connectivity index (χ3v) is 4.20. The first-order valence-electron chi connectivity index (χ1n) is 7.65. The highest BCUT2D eigenvalue weighted by molar-refractivity contribution is 6.31. The molecule has 0 aliphatic heterocycles. The van der Waals surface area contributed by atoms with Gasteiger partial charge in [0.15, 0.2) is 0 Å². The molecule has 0 aliphatic carbocycles. The molecule has 0 aliphatic rings. The summed E-state index contributed by atoms with van der Waals surface area (Å²) in [4.78, 5) is 31.0. The van der Waals surface area contributed by atoms with Gasteiger partial charge in [-0.05, 0) is 30.3 Å². The monoisotopic (exact) mass is 396 g/mol. The molecule has 140 valence electrons. The number of nitrogens with one attached hydrogen (secondary N) is 1. The average molecular weight is 397 g/mol. The van der Waals surface area contributed by atoms with Crippen molar-refractivity contribution in [3.05, 3.63) is 64.1 Å². The number of aromatic amines is 1. The minimum Gasteiger partial charge on any atom is -0.469 e. The van der Waals surface area contributed by atoms with Gasteiger partial charge < -0.3 is 9.72 Å². The maximum absolute atomic E-state index is 12.8. The molecule has 0 saturated heterocycles. The zero-order valence-corrected chi connectivity index (χ0v) is 14.6. The first-order chi connectivity index (χ1) is 12.7. The fourth-order valence-electron chi connectivity index (χ4n) is 2.64. The normalized spacial score (nSPS) is 11.6. The molecule has 27 heavy (non-hydrogen) atoms. The zero-order valence-electron chi connectivity index (χ0n) is 13.9. The molecule has 1 aromatic carbocycles. The third kappa shape index (κ3) is 3.80. The molecule has 2 aromatic heterocycles. The number of hydrogen-bond acceptors (Lipinski definition) is 4. The maximum atomic E-state index is 12.8. The lowest BCUT2D eigenvalue weighted by Crippen LogP contribution is -2.12. The molecule has 0 bridgehead atoms. The number of esters is 1. The second kappa shape index (κ2) is 7.03. The number of ketones is 1. The van der Waals surface area contributed by atoms with E-state index in [4.69, 9.17) is 11.6 Å². The predicted molar refractivity (Wildman–Crippen MR) is 91.7 cm³/mol. The number of H-pyrrole nitrogens is 1. The summed E-state index contributed by atoms with van der Waals surface area (Å²) in [6.45, 7) is 0. The molecule has 0 radical (unpaired) electrons. The van der Waals surface area contributed by atoms with Gasteiger partial charge in [-0.1, -0.05) is 11.6 Å². The summed E-state index contributed by atoms with van der Waals surface area (Å²) >= 11 is 5.99. The van der Waals surface area contributed by atoms with Gasteiger partial charge >= 0.3 is 12.1 Å². The summed E-state index contributed by atoms with van der Waals surface area (Å²) in [6.07, 6.45) is -4.17. The van der Waals surface area contributed by atoms with E-state index in [1.165, 1.54) is 7.11 Å². The summed E-state index contributed by atoms with van der Waals surface area (Å²) in [7, 11) is 1.21. The van der Waals surface area contributed by atoms with E-state index in [0.717, 1.165) is 12.1 Å². The molecule has 0 unspecified atom stereocenters. The minimum atomic E-state index is -4.55. The van der Waals surface area contributed by atoms with Gasteiger partial charge in [-0.2, -0.15) is 13.2 Å². The largest absolute Gasteiger partial charge is 0.469 e. The Labute approximate surface area is 156 Å². The summed E-state index contributed by atoms with van der Waals surface area (Å²) in [5.41, 5.74) is -0.214. The van der Waals surface area contributed by atoms with Crippen molar-refractivity contribution < 1.29 is 27.5 Å². The van der Waals surface area contributed by atoms with Crippen LogP contribution in [0.1, 0.15) is 27.3 Å². The Bertz CT molecular complexity index is 1030. The van der Waals surface area contributed by atoms with E-state index in [1.54, 1.807) is 18.2 Å². The Morgan fingerprint density at radius 2 is 1.96 bits per heavy atom. The molecule has 0 amide bonds. The van der Waals surface area contributed by atoms with Crippen LogP contribution in [0.5, 0.6) is 0 Å². The fourth-order valence-corrected chi connectivity index (χ4v) is 2.81. The summed E-state index contributed by atoms with van der Waals surface area (Å²) in [5.74, 6) is -1.22. The van der Waals surface area contributed by atoms with E-state index >= 15 is 0 Å². The van der Waals surface area contributed by atoms with Crippen molar-refractivity contribution in [3.63, 3.8) is 0 Å². The van der Waals surface area contributed by atoms with Crippen LogP contribution in [0.15, 0.2) is 36.5 Å². The number of fused-ring (bicyclic) bond motifs is 1. The highest BCUT2D eigenvalue weighted by Gasteiger charge is 2.31. The molecule has 2 heterocycles. The van der Waals surface area contributed by atoms with Gasteiger partial charge in [0.05, 0.1) is 24.8 Å². The quantitative estimate of drug-likeness (QED) is 0.530. The van der Waals surface area contributed by atoms with E-state index in [0.29, 0.717) is 27.7 Å². The predicted octanol–water partition coefficient (Wildman–Crippen LogP) is 4.18. The number of benzene rings is 1. The van der Waals surface area contributed by atoms with Crippen molar-refractivity contribution in [2.75, 3.05) is 7.11 Å². The molecule has 0 atom stereocenters. The summed E-state index contributed by atoms with van der Waals surface area (Å²) in [5, 5.41) is 0.947. The zero-order chi connectivity index (χ0) is 19.8. The molecule has 0 spiro atoms. The lowest BCUT2D eigenvalue weighted by atomic mass is 10.0. The van der Waals surface area contributed by atoms with Crippen molar-refractivity contribution in [2.45, 2.75) is 12.6 Å². The third-order valence-electron chi connectivity index (χ3n) is 3.97. The molecule has 0 saturated carbocycles. The van der Waals surface area contributed by atoms with E-state index in [2.05, 4.69) is 14.7 Å². The van der Waals surface area contributed by atoms with Crippen molar-refractivity contribution in [1.82, 2.24) is 9.97 Å². The first kappa shape index (κ1) is 18.9. The summed E-state index contributed by atoms with van der Waals surface area (Å²) < 4.78 is 42.7. The van der Waals surface area contributed by atoms with Crippen LogP contribution in [-0.2, 0) is 22.1 Å². The number of methoxy groups -OCH3 is 1. The molecular weight excluding hydrogens is 385 g/mol. The lowest BCUT2D eigenvalue weighted by Gasteiger charge is -2.07. The minimum absolute atomic E-state index is 0.0462. The highest BCUT2D eigenvalue weighted by Crippen LogP contribution is 2.30. The number of alkyl halides is 3. The van der Waals surface area contributed by atoms with E-state index in [1.807, 2.05) is 0 Å². The SMILES string of the molecule is COC(=O)Cc1c(C(=O)c2ccc(C(F)(F)F)cn2)[nH]c2ccc(Cl)cc12. The molecule has 3 rings (SSSR count). The van der Waals surface area contributed by atoms with Crippen molar-refractivity contribution in [3.8, 4) is 0 Å². The summed E-state index contributed by atoms with van der Waals surface area (Å²) in [6, 6.07) is 6.59. The molecule has 1 N–H and O–H groups in total. The number of pyridine rings is 1. The van der Waals surface area contributed by atoms with Crippen LogP contribution in [0.2, 0.25) is 5.02 Å². The van der Waals surface area contributed by atoms with Crippen molar-refractivity contribution in [1.29, 1.82) is 0 Å². The number of carbonyl (C=O) groups is 2. The van der Waals surface area contributed by atoms with Gasteiger partial charge in [0.25, 0.3) is 0 Å². The van der Waals surface area contributed by atoms with Crippen LogP contribution in [0.3, 0.4) is 0 Å². The maximum Gasteiger partial charge on any atom is 0.417 e. The van der Waals surface area contributed by atoms with Gasteiger partial charge in [-0.15, -0.1) is 0 Å². The van der Waals surface area contributed by atoms with E-state index in [9.17, 15) is 22.8 Å². The molecule has 9 heteroatoms. The first-order valence-corrected chi connectivity index (χ1v) is 8.03. The Balaban J connectivity index is 2.08. The fraction of sp³-hybridized carbons (Fsp3) is 0.167. The molecular formula is C18H12ClF3N2O3. The van der Waals surface area contributed by atoms with Gasteiger partial charge in [0.1, 0.15) is 5.69 Å².